The minimum Gasteiger partial charge on any atom is -0.356 e. The molecule has 112 valence electrons. The van der Waals surface area contributed by atoms with Gasteiger partial charge in [0.2, 0.25) is 0 Å². The summed E-state index contributed by atoms with van der Waals surface area (Å²) in [5.74, 6) is 0.612. The van der Waals surface area contributed by atoms with Gasteiger partial charge in [-0.2, -0.15) is 0 Å². The molecule has 1 aromatic carbocycles. The van der Waals surface area contributed by atoms with Gasteiger partial charge in [0.15, 0.2) is 5.96 Å². The Morgan fingerprint density at radius 1 is 1.20 bits per heavy atom. The Morgan fingerprint density at radius 3 is 2.50 bits per heavy atom. The van der Waals surface area contributed by atoms with Crippen LogP contribution in [0.15, 0.2) is 29.3 Å². The summed E-state index contributed by atoms with van der Waals surface area (Å²) in [6.45, 7) is 8.28. The Bertz CT molecular complexity index is 436. The van der Waals surface area contributed by atoms with Crippen LogP contribution < -0.4 is 10.6 Å². The molecule has 20 heavy (non-hydrogen) atoms. The van der Waals surface area contributed by atoms with E-state index in [1.54, 1.807) is 19.2 Å². The first-order valence-electron chi connectivity index (χ1n) is 7.10. The van der Waals surface area contributed by atoms with Gasteiger partial charge in [-0.25, -0.2) is 4.39 Å². The lowest BCUT2D eigenvalue weighted by Gasteiger charge is -2.19. The zero-order valence-electron chi connectivity index (χ0n) is 13.0. The normalized spacial score (nSPS) is 12.3. The molecule has 0 heterocycles. The highest BCUT2D eigenvalue weighted by Crippen LogP contribution is 2.16. The molecule has 0 radical (unpaired) electrons. The van der Waals surface area contributed by atoms with Gasteiger partial charge in [-0.05, 0) is 36.0 Å². The smallest absolute Gasteiger partial charge is 0.190 e. The Labute approximate surface area is 121 Å². The fourth-order valence-corrected chi connectivity index (χ4v) is 1.79. The number of hydrogen-bond donors (Lipinski definition) is 2. The van der Waals surface area contributed by atoms with Gasteiger partial charge in [-0.3, -0.25) is 4.99 Å². The Morgan fingerprint density at radius 2 is 1.90 bits per heavy atom. The first kappa shape index (κ1) is 16.5. The summed E-state index contributed by atoms with van der Waals surface area (Å²) in [5.41, 5.74) is 1.30. The molecule has 0 fully saturated rings. The minimum absolute atomic E-state index is 0.185. The molecule has 0 amide bonds. The van der Waals surface area contributed by atoms with Crippen LogP contribution in [0.1, 0.15) is 32.8 Å². The van der Waals surface area contributed by atoms with Gasteiger partial charge in [0.05, 0.1) is 0 Å². The average molecular weight is 279 g/mol. The van der Waals surface area contributed by atoms with Crippen LogP contribution >= 0.6 is 0 Å². The predicted octanol–water partition coefficient (Wildman–Crippen LogP) is 2.97. The van der Waals surface area contributed by atoms with E-state index in [0.717, 1.165) is 37.5 Å². The fraction of sp³-hybridized carbons (Fsp3) is 0.562. The van der Waals surface area contributed by atoms with Crippen molar-refractivity contribution in [3.8, 4) is 0 Å². The highest BCUT2D eigenvalue weighted by atomic mass is 19.1. The van der Waals surface area contributed by atoms with E-state index in [9.17, 15) is 4.39 Å². The highest BCUT2D eigenvalue weighted by Gasteiger charge is 2.09. The summed E-state index contributed by atoms with van der Waals surface area (Å²) in [6.07, 6.45) is 1.86. The zero-order valence-corrected chi connectivity index (χ0v) is 13.0. The molecule has 1 rings (SSSR count). The molecule has 2 N–H and O–H groups in total. The van der Waals surface area contributed by atoms with E-state index >= 15 is 0 Å². The van der Waals surface area contributed by atoms with Crippen molar-refractivity contribution in [2.45, 2.75) is 33.6 Å². The second-order valence-electron chi connectivity index (χ2n) is 6.12. The maximum Gasteiger partial charge on any atom is 0.190 e. The summed E-state index contributed by atoms with van der Waals surface area (Å²) in [4.78, 5) is 4.18. The molecule has 0 unspecified atom stereocenters. The number of guanidine groups is 1. The van der Waals surface area contributed by atoms with Crippen LogP contribution in [0.4, 0.5) is 4.39 Å². The number of nitrogens with one attached hydrogen (secondary N) is 2. The zero-order chi connectivity index (χ0) is 15.0. The van der Waals surface area contributed by atoms with Crippen molar-refractivity contribution in [1.29, 1.82) is 0 Å². The first-order chi connectivity index (χ1) is 9.40. The lowest BCUT2D eigenvalue weighted by atomic mass is 9.92. The maximum atomic E-state index is 13.0. The fourth-order valence-electron chi connectivity index (χ4n) is 1.79. The number of hydrogen-bond acceptors (Lipinski definition) is 1. The molecule has 0 aliphatic carbocycles. The Kier molecular flexibility index (Phi) is 6.49. The number of halogens is 1. The van der Waals surface area contributed by atoms with E-state index in [4.69, 9.17) is 0 Å². The standard InChI is InChI=1S/C16H26FN3/c1-16(2,3)9-11-20-15(18-4)19-10-8-13-6-5-7-14(17)12-13/h5-7,12H,8-11H2,1-4H3,(H2,18,19,20). The molecule has 1 aromatic rings. The van der Waals surface area contributed by atoms with Crippen LogP contribution in [0.25, 0.3) is 0 Å². The van der Waals surface area contributed by atoms with Crippen LogP contribution in [0.2, 0.25) is 0 Å². The van der Waals surface area contributed by atoms with Crippen molar-refractivity contribution < 1.29 is 4.39 Å². The van der Waals surface area contributed by atoms with Gasteiger partial charge < -0.3 is 10.6 Å². The van der Waals surface area contributed by atoms with Crippen LogP contribution in [0, 0.1) is 11.2 Å². The Hall–Kier alpha value is -1.58. The summed E-state index contributed by atoms with van der Waals surface area (Å²) in [6, 6.07) is 6.70. The summed E-state index contributed by atoms with van der Waals surface area (Å²) < 4.78 is 13.0. The van der Waals surface area contributed by atoms with Crippen LogP contribution in [0.5, 0.6) is 0 Å². The molecule has 0 aliphatic rings. The van der Waals surface area contributed by atoms with Gasteiger partial charge in [0, 0.05) is 20.1 Å². The lowest BCUT2D eigenvalue weighted by molar-refractivity contribution is 0.377. The van der Waals surface area contributed by atoms with Gasteiger partial charge in [0.1, 0.15) is 5.82 Å². The van der Waals surface area contributed by atoms with Crippen LogP contribution in [-0.4, -0.2) is 26.1 Å². The molecule has 0 saturated heterocycles. The van der Waals surface area contributed by atoms with Crippen LogP contribution in [-0.2, 0) is 6.42 Å². The van der Waals surface area contributed by atoms with Crippen molar-refractivity contribution in [3.05, 3.63) is 35.6 Å². The second kappa shape index (κ2) is 7.88. The van der Waals surface area contributed by atoms with Crippen molar-refractivity contribution in [2.24, 2.45) is 10.4 Å². The van der Waals surface area contributed by atoms with E-state index in [0.29, 0.717) is 5.41 Å². The van der Waals surface area contributed by atoms with E-state index in [-0.39, 0.29) is 5.82 Å². The molecule has 4 heteroatoms. The lowest BCUT2D eigenvalue weighted by Crippen LogP contribution is -2.39. The third-order valence-corrected chi connectivity index (χ3v) is 2.99. The predicted molar refractivity (Wildman–Crippen MR) is 83.5 cm³/mol. The highest BCUT2D eigenvalue weighted by molar-refractivity contribution is 5.79. The van der Waals surface area contributed by atoms with Gasteiger partial charge in [-0.15, -0.1) is 0 Å². The quantitative estimate of drug-likeness (QED) is 0.642. The van der Waals surface area contributed by atoms with E-state index in [1.165, 1.54) is 6.07 Å². The van der Waals surface area contributed by atoms with Crippen molar-refractivity contribution >= 4 is 5.96 Å². The Balaban J connectivity index is 2.28. The molecule has 3 nitrogen and oxygen atoms in total. The molecule has 0 bridgehead atoms. The molecule has 0 aromatic heterocycles. The molecule has 0 atom stereocenters. The third kappa shape index (κ3) is 7.12. The molecule has 0 saturated carbocycles. The van der Waals surface area contributed by atoms with Crippen molar-refractivity contribution in [2.75, 3.05) is 20.1 Å². The number of aliphatic imine (C=N–C) groups is 1. The van der Waals surface area contributed by atoms with Crippen LogP contribution in [0.3, 0.4) is 0 Å². The molecular formula is C16H26FN3. The largest absolute Gasteiger partial charge is 0.356 e. The van der Waals surface area contributed by atoms with Crippen molar-refractivity contribution in [1.82, 2.24) is 10.6 Å². The molecule has 0 aliphatic heterocycles. The van der Waals surface area contributed by atoms with E-state index < -0.39 is 0 Å². The number of nitrogens with zero attached hydrogens (tertiary/aromatic N) is 1. The summed E-state index contributed by atoms with van der Waals surface area (Å²) >= 11 is 0. The maximum absolute atomic E-state index is 13.0. The monoisotopic (exact) mass is 279 g/mol. The first-order valence-corrected chi connectivity index (χ1v) is 7.10. The van der Waals surface area contributed by atoms with Gasteiger partial charge >= 0.3 is 0 Å². The van der Waals surface area contributed by atoms with Crippen molar-refractivity contribution in [3.63, 3.8) is 0 Å². The summed E-state index contributed by atoms with van der Waals surface area (Å²) in [5, 5.41) is 6.53. The van der Waals surface area contributed by atoms with Gasteiger partial charge in [0.25, 0.3) is 0 Å². The molecule has 0 spiro atoms. The molecular weight excluding hydrogens is 253 g/mol. The SMILES string of the molecule is CN=C(NCCc1cccc(F)c1)NCCC(C)(C)C. The minimum atomic E-state index is -0.185. The number of rotatable bonds is 5. The average Bonchev–Trinajstić information content (AvgIpc) is 2.35. The van der Waals surface area contributed by atoms with E-state index in [1.807, 2.05) is 6.07 Å². The van der Waals surface area contributed by atoms with E-state index in [2.05, 4.69) is 36.4 Å². The third-order valence-electron chi connectivity index (χ3n) is 2.99. The summed E-state index contributed by atoms with van der Waals surface area (Å²) in [7, 11) is 1.76. The number of benzene rings is 1. The van der Waals surface area contributed by atoms with Gasteiger partial charge in [-0.1, -0.05) is 32.9 Å². The topological polar surface area (TPSA) is 36.4 Å². The second-order valence-corrected chi connectivity index (χ2v) is 6.12.